The Hall–Kier alpha value is -4.79. The van der Waals surface area contributed by atoms with Gasteiger partial charge in [0, 0.05) is 36.4 Å². The van der Waals surface area contributed by atoms with E-state index < -0.39 is 30.1 Å². The first-order valence-electron chi connectivity index (χ1n) is 16.8. The summed E-state index contributed by atoms with van der Waals surface area (Å²) in [5, 5.41) is 25.5. The van der Waals surface area contributed by atoms with Crippen LogP contribution in [0.3, 0.4) is 0 Å². The second kappa shape index (κ2) is 15.0. The van der Waals surface area contributed by atoms with E-state index in [1.807, 2.05) is 91.0 Å². The number of aliphatic hydroxyl groups excluding tert-OH is 2. The highest BCUT2D eigenvalue weighted by molar-refractivity contribution is 5.93. The summed E-state index contributed by atoms with van der Waals surface area (Å²) in [6.07, 6.45) is 1.06. The molecule has 1 fully saturated rings. The van der Waals surface area contributed by atoms with Crippen LogP contribution >= 0.6 is 0 Å². The Bertz CT molecular complexity index is 1730. The number of fused-ring (bicyclic) bond motifs is 1. The van der Waals surface area contributed by atoms with Crippen LogP contribution in [0.15, 0.2) is 109 Å². The number of primary amides is 1. The minimum Gasteiger partial charge on any atom is -0.391 e. The summed E-state index contributed by atoms with van der Waals surface area (Å²) in [7, 11) is 0. The Morgan fingerprint density at radius 1 is 0.854 bits per heavy atom. The SMILES string of the molecule is NC(=O)c1cccc(C[C@H]2C[C@H](Cc3ccccc3)N(C[C@@H](O)C[C@@H](Cc3ccccc3)C(=O)NC3c4ccccc4C[C@H]3O)C2=O)c1. The molecule has 1 heterocycles. The number of hydrogen-bond acceptors (Lipinski definition) is 5. The van der Waals surface area contributed by atoms with E-state index in [1.54, 1.807) is 23.1 Å². The van der Waals surface area contributed by atoms with Crippen LogP contribution in [0.25, 0.3) is 0 Å². The molecule has 1 unspecified atom stereocenters. The zero-order valence-corrected chi connectivity index (χ0v) is 26.9. The molecular formula is C40H43N3O5. The lowest BCUT2D eigenvalue weighted by atomic mass is 9.91. The maximum absolute atomic E-state index is 14.0. The molecule has 48 heavy (non-hydrogen) atoms. The standard InChI is InChI=1S/C40H43N3O5/c41-38(46)30-16-9-14-28(19-30)20-32-22-33(21-27-12-5-2-6-13-27)43(40(32)48)25-34(44)23-31(18-26-10-3-1-4-11-26)39(47)42-37-35-17-8-7-15-29(35)24-36(37)45/h1-17,19,31-34,36-37,44-45H,18,20-25H2,(H2,41,46)(H,42,47)/t31-,32+,33+,34+,36-,37?/m1/s1. The Labute approximate surface area is 281 Å². The average Bonchev–Trinajstić information content (AvgIpc) is 3.55. The van der Waals surface area contributed by atoms with E-state index >= 15 is 0 Å². The Morgan fingerprint density at radius 3 is 2.25 bits per heavy atom. The van der Waals surface area contributed by atoms with Crippen LogP contribution in [0.2, 0.25) is 0 Å². The third-order valence-electron chi connectivity index (χ3n) is 9.80. The van der Waals surface area contributed by atoms with Gasteiger partial charge in [0.25, 0.3) is 0 Å². The van der Waals surface area contributed by atoms with E-state index in [2.05, 4.69) is 5.32 Å². The highest BCUT2D eigenvalue weighted by atomic mass is 16.3. The van der Waals surface area contributed by atoms with Gasteiger partial charge in [-0.25, -0.2) is 0 Å². The van der Waals surface area contributed by atoms with Gasteiger partial charge in [0.2, 0.25) is 17.7 Å². The molecule has 0 radical (unpaired) electrons. The van der Waals surface area contributed by atoms with Crippen molar-refractivity contribution in [3.05, 3.63) is 143 Å². The van der Waals surface area contributed by atoms with Crippen LogP contribution in [0.5, 0.6) is 0 Å². The van der Waals surface area contributed by atoms with Gasteiger partial charge < -0.3 is 26.2 Å². The molecule has 4 aromatic rings. The summed E-state index contributed by atoms with van der Waals surface area (Å²) in [5.41, 5.74) is 10.8. The number of likely N-dealkylation sites (tertiary alicyclic amines) is 1. The van der Waals surface area contributed by atoms with Crippen molar-refractivity contribution in [1.29, 1.82) is 0 Å². The molecule has 0 bridgehead atoms. The van der Waals surface area contributed by atoms with Crippen molar-refractivity contribution in [2.24, 2.45) is 17.6 Å². The van der Waals surface area contributed by atoms with E-state index in [4.69, 9.17) is 5.73 Å². The molecule has 8 nitrogen and oxygen atoms in total. The molecule has 6 rings (SSSR count). The third-order valence-corrected chi connectivity index (χ3v) is 9.80. The van der Waals surface area contributed by atoms with Gasteiger partial charge in [-0.05, 0) is 72.1 Å². The quantitative estimate of drug-likeness (QED) is 0.173. The second-order valence-electron chi connectivity index (χ2n) is 13.3. The van der Waals surface area contributed by atoms with E-state index in [1.165, 1.54) is 0 Å². The number of hydrogen-bond donors (Lipinski definition) is 4. The van der Waals surface area contributed by atoms with E-state index in [-0.39, 0.29) is 36.7 Å². The Morgan fingerprint density at radius 2 is 1.52 bits per heavy atom. The topological polar surface area (TPSA) is 133 Å². The monoisotopic (exact) mass is 645 g/mol. The normalized spacial score (nSPS) is 21.5. The lowest BCUT2D eigenvalue weighted by Crippen LogP contribution is -2.43. The number of nitrogens with one attached hydrogen (secondary N) is 1. The molecule has 1 saturated heterocycles. The number of carbonyl (C=O) groups is 3. The van der Waals surface area contributed by atoms with Crippen LogP contribution in [-0.4, -0.2) is 57.6 Å². The zero-order chi connectivity index (χ0) is 33.6. The van der Waals surface area contributed by atoms with Crippen molar-refractivity contribution in [3.63, 3.8) is 0 Å². The van der Waals surface area contributed by atoms with Gasteiger partial charge in [-0.15, -0.1) is 0 Å². The van der Waals surface area contributed by atoms with E-state index in [9.17, 15) is 24.6 Å². The summed E-state index contributed by atoms with van der Waals surface area (Å²) < 4.78 is 0. The number of carbonyl (C=O) groups excluding carboxylic acids is 3. The smallest absolute Gasteiger partial charge is 0.248 e. The molecule has 3 amide bonds. The summed E-state index contributed by atoms with van der Waals surface area (Å²) in [6.45, 7) is 0.0988. The van der Waals surface area contributed by atoms with Crippen LogP contribution in [0.1, 0.15) is 57.1 Å². The number of amides is 3. The highest BCUT2D eigenvalue weighted by Crippen LogP contribution is 2.33. The number of β-amino-alcohol motifs (C(OH)–C–C–N with tert-alkyl or cyclic N) is 1. The van der Waals surface area contributed by atoms with Crippen molar-refractivity contribution in [1.82, 2.24) is 10.2 Å². The van der Waals surface area contributed by atoms with Crippen molar-refractivity contribution >= 4 is 17.7 Å². The Balaban J connectivity index is 1.19. The van der Waals surface area contributed by atoms with Crippen LogP contribution < -0.4 is 11.1 Å². The number of nitrogens with zero attached hydrogens (tertiary/aromatic N) is 1. The van der Waals surface area contributed by atoms with Gasteiger partial charge in [0.1, 0.15) is 0 Å². The van der Waals surface area contributed by atoms with Crippen LogP contribution in [0, 0.1) is 11.8 Å². The van der Waals surface area contributed by atoms with Crippen molar-refractivity contribution < 1.29 is 24.6 Å². The molecule has 248 valence electrons. The number of benzene rings is 4. The lowest BCUT2D eigenvalue weighted by Gasteiger charge is -2.29. The first-order valence-corrected chi connectivity index (χ1v) is 16.8. The fourth-order valence-corrected chi connectivity index (χ4v) is 7.43. The molecule has 0 spiro atoms. The Kier molecular flexibility index (Phi) is 10.3. The maximum Gasteiger partial charge on any atom is 0.248 e. The predicted octanol–water partition coefficient (Wildman–Crippen LogP) is 4.17. The fourth-order valence-electron chi connectivity index (χ4n) is 7.43. The van der Waals surface area contributed by atoms with Crippen LogP contribution in [-0.2, 0) is 35.3 Å². The van der Waals surface area contributed by atoms with Gasteiger partial charge >= 0.3 is 0 Å². The number of nitrogens with two attached hydrogens (primary N) is 1. The molecule has 1 aliphatic carbocycles. The number of aliphatic hydroxyl groups is 2. The summed E-state index contributed by atoms with van der Waals surface area (Å²) in [6, 6.07) is 33.9. The first-order chi connectivity index (χ1) is 23.2. The molecule has 6 atom stereocenters. The third kappa shape index (κ3) is 7.84. The summed E-state index contributed by atoms with van der Waals surface area (Å²) in [5.74, 6) is -1.70. The van der Waals surface area contributed by atoms with E-state index in [0.29, 0.717) is 37.7 Å². The largest absolute Gasteiger partial charge is 0.391 e. The summed E-state index contributed by atoms with van der Waals surface area (Å²) in [4.78, 5) is 41.4. The van der Waals surface area contributed by atoms with Crippen LogP contribution in [0.4, 0.5) is 0 Å². The zero-order valence-electron chi connectivity index (χ0n) is 26.9. The minimum atomic E-state index is -0.954. The first kappa shape index (κ1) is 33.1. The van der Waals surface area contributed by atoms with Gasteiger partial charge in [-0.2, -0.15) is 0 Å². The van der Waals surface area contributed by atoms with Gasteiger partial charge in [-0.3, -0.25) is 14.4 Å². The highest BCUT2D eigenvalue weighted by Gasteiger charge is 2.41. The maximum atomic E-state index is 14.0. The van der Waals surface area contributed by atoms with Crippen molar-refractivity contribution in [2.75, 3.05) is 6.54 Å². The minimum absolute atomic E-state index is 0.0470. The van der Waals surface area contributed by atoms with Crippen molar-refractivity contribution in [3.8, 4) is 0 Å². The van der Waals surface area contributed by atoms with Gasteiger partial charge in [0.15, 0.2) is 0 Å². The molecule has 2 aliphatic rings. The molecule has 8 heteroatoms. The summed E-state index contributed by atoms with van der Waals surface area (Å²) >= 11 is 0. The molecular weight excluding hydrogens is 602 g/mol. The lowest BCUT2D eigenvalue weighted by molar-refractivity contribution is -0.133. The second-order valence-corrected chi connectivity index (χ2v) is 13.3. The molecule has 5 N–H and O–H groups in total. The fraction of sp³-hybridized carbons (Fsp3) is 0.325. The number of rotatable bonds is 13. The van der Waals surface area contributed by atoms with E-state index in [0.717, 1.165) is 27.8 Å². The molecule has 1 aliphatic heterocycles. The predicted molar refractivity (Wildman–Crippen MR) is 184 cm³/mol. The van der Waals surface area contributed by atoms with Crippen molar-refractivity contribution in [2.45, 2.75) is 62.8 Å². The van der Waals surface area contributed by atoms with Gasteiger partial charge in [-0.1, -0.05) is 97.1 Å². The molecule has 4 aromatic carbocycles. The molecule has 0 saturated carbocycles. The average molecular weight is 646 g/mol. The molecule has 0 aromatic heterocycles. The van der Waals surface area contributed by atoms with Gasteiger partial charge in [0.05, 0.1) is 18.2 Å².